The molecule has 0 amide bonds. The highest BCUT2D eigenvalue weighted by molar-refractivity contribution is 6.33. The largest absolute Gasteiger partial charge is 0.492 e. The standard InChI is InChI=1S/C16H13ClO3/c17-13-6-3-7-14(15(13)16(18)19)20-9-11-8-10-4-1-2-5-12(10)11/h1-7,11H,8-9H2,(H,18,19). The molecule has 1 aliphatic rings. The van der Waals surface area contributed by atoms with Gasteiger partial charge in [0.15, 0.2) is 0 Å². The molecule has 20 heavy (non-hydrogen) atoms. The second-order valence-electron chi connectivity index (χ2n) is 4.83. The van der Waals surface area contributed by atoms with Crippen LogP contribution in [-0.4, -0.2) is 17.7 Å². The Morgan fingerprint density at radius 2 is 2.05 bits per heavy atom. The first-order chi connectivity index (χ1) is 9.66. The van der Waals surface area contributed by atoms with Crippen LogP contribution in [-0.2, 0) is 6.42 Å². The molecule has 1 unspecified atom stereocenters. The third-order valence-corrected chi connectivity index (χ3v) is 3.91. The zero-order valence-corrected chi connectivity index (χ0v) is 11.4. The van der Waals surface area contributed by atoms with E-state index in [0.29, 0.717) is 18.3 Å². The highest BCUT2D eigenvalue weighted by Gasteiger charge is 2.26. The summed E-state index contributed by atoms with van der Waals surface area (Å²) in [4.78, 5) is 11.2. The van der Waals surface area contributed by atoms with E-state index >= 15 is 0 Å². The molecule has 2 aromatic carbocycles. The smallest absolute Gasteiger partial charge is 0.341 e. The van der Waals surface area contributed by atoms with Crippen molar-refractivity contribution in [2.24, 2.45) is 0 Å². The average molecular weight is 289 g/mol. The lowest BCUT2D eigenvalue weighted by Crippen LogP contribution is -2.23. The van der Waals surface area contributed by atoms with Crippen LogP contribution in [0, 0.1) is 0 Å². The van der Waals surface area contributed by atoms with Gasteiger partial charge in [-0.15, -0.1) is 0 Å². The van der Waals surface area contributed by atoms with Crippen LogP contribution < -0.4 is 4.74 Å². The van der Waals surface area contributed by atoms with E-state index in [1.807, 2.05) is 12.1 Å². The maximum absolute atomic E-state index is 11.2. The molecule has 0 aliphatic heterocycles. The molecule has 1 atom stereocenters. The topological polar surface area (TPSA) is 46.5 Å². The van der Waals surface area contributed by atoms with Crippen LogP contribution in [0.1, 0.15) is 27.4 Å². The van der Waals surface area contributed by atoms with Gasteiger partial charge in [-0.3, -0.25) is 0 Å². The fourth-order valence-corrected chi connectivity index (χ4v) is 2.78. The average Bonchev–Trinajstić information content (AvgIpc) is 2.39. The van der Waals surface area contributed by atoms with Crippen LogP contribution in [0.2, 0.25) is 5.02 Å². The minimum Gasteiger partial charge on any atom is -0.492 e. The van der Waals surface area contributed by atoms with Crippen molar-refractivity contribution in [3.63, 3.8) is 0 Å². The number of carbonyl (C=O) groups is 1. The van der Waals surface area contributed by atoms with Gasteiger partial charge in [0.2, 0.25) is 0 Å². The minimum absolute atomic E-state index is 0.0294. The van der Waals surface area contributed by atoms with Gasteiger partial charge in [-0.25, -0.2) is 4.79 Å². The summed E-state index contributed by atoms with van der Waals surface area (Å²) < 4.78 is 5.67. The van der Waals surface area contributed by atoms with E-state index in [1.165, 1.54) is 11.1 Å². The number of aromatic carboxylic acids is 1. The summed E-state index contributed by atoms with van der Waals surface area (Å²) in [5, 5.41) is 9.37. The van der Waals surface area contributed by atoms with E-state index < -0.39 is 5.97 Å². The number of fused-ring (bicyclic) bond motifs is 1. The van der Waals surface area contributed by atoms with Gasteiger partial charge in [-0.05, 0) is 29.7 Å². The Kier molecular flexibility index (Phi) is 3.36. The van der Waals surface area contributed by atoms with E-state index in [-0.39, 0.29) is 10.6 Å². The van der Waals surface area contributed by atoms with Crippen LogP contribution >= 0.6 is 11.6 Å². The minimum atomic E-state index is -1.07. The van der Waals surface area contributed by atoms with E-state index in [2.05, 4.69) is 12.1 Å². The third-order valence-electron chi connectivity index (χ3n) is 3.59. The highest BCUT2D eigenvalue weighted by atomic mass is 35.5. The molecule has 2 aromatic rings. The lowest BCUT2D eigenvalue weighted by Gasteiger charge is -2.30. The summed E-state index contributed by atoms with van der Waals surface area (Å²) in [5.74, 6) is -0.416. The quantitative estimate of drug-likeness (QED) is 0.932. The van der Waals surface area contributed by atoms with E-state index in [9.17, 15) is 9.90 Å². The highest BCUT2D eigenvalue weighted by Crippen LogP contribution is 2.36. The monoisotopic (exact) mass is 288 g/mol. The molecule has 0 radical (unpaired) electrons. The first-order valence-corrected chi connectivity index (χ1v) is 6.77. The van der Waals surface area contributed by atoms with Crippen LogP contribution in [0.3, 0.4) is 0 Å². The van der Waals surface area contributed by atoms with Gasteiger partial charge in [0.05, 0.1) is 11.6 Å². The van der Waals surface area contributed by atoms with Crippen LogP contribution in [0.5, 0.6) is 5.75 Å². The fourth-order valence-electron chi connectivity index (χ4n) is 2.53. The van der Waals surface area contributed by atoms with Crippen molar-refractivity contribution in [1.29, 1.82) is 0 Å². The Hall–Kier alpha value is -2.00. The number of rotatable bonds is 4. The van der Waals surface area contributed by atoms with Gasteiger partial charge in [0.25, 0.3) is 0 Å². The number of ether oxygens (including phenoxy) is 1. The molecule has 0 bridgehead atoms. The predicted molar refractivity (Wildman–Crippen MR) is 76.8 cm³/mol. The van der Waals surface area contributed by atoms with Crippen molar-refractivity contribution in [1.82, 2.24) is 0 Å². The predicted octanol–water partition coefficient (Wildman–Crippen LogP) is 3.76. The van der Waals surface area contributed by atoms with E-state index in [1.54, 1.807) is 18.2 Å². The summed E-state index contributed by atoms with van der Waals surface area (Å²) in [6.45, 7) is 0.470. The Morgan fingerprint density at radius 1 is 1.25 bits per heavy atom. The molecule has 3 rings (SSSR count). The molecule has 4 heteroatoms. The first kappa shape index (κ1) is 13.0. The second kappa shape index (κ2) is 5.17. The molecule has 0 heterocycles. The van der Waals surface area contributed by atoms with Crippen molar-refractivity contribution < 1.29 is 14.6 Å². The number of halogens is 1. The number of benzene rings is 2. The van der Waals surface area contributed by atoms with E-state index in [0.717, 1.165) is 6.42 Å². The SMILES string of the molecule is O=C(O)c1c(Cl)cccc1OCC1Cc2ccccc21. The van der Waals surface area contributed by atoms with Gasteiger partial charge in [-0.2, -0.15) is 0 Å². The van der Waals surface area contributed by atoms with Gasteiger partial charge < -0.3 is 9.84 Å². The Balaban J connectivity index is 1.75. The van der Waals surface area contributed by atoms with Gasteiger partial charge >= 0.3 is 5.97 Å². The number of hydrogen-bond donors (Lipinski definition) is 1. The molecule has 0 saturated heterocycles. The molecule has 3 nitrogen and oxygen atoms in total. The van der Waals surface area contributed by atoms with E-state index in [4.69, 9.17) is 16.3 Å². The maximum Gasteiger partial charge on any atom is 0.341 e. The van der Waals surface area contributed by atoms with Gasteiger partial charge in [0, 0.05) is 5.92 Å². The van der Waals surface area contributed by atoms with Crippen molar-refractivity contribution in [2.75, 3.05) is 6.61 Å². The first-order valence-electron chi connectivity index (χ1n) is 6.39. The summed E-state index contributed by atoms with van der Waals surface area (Å²) in [6.07, 6.45) is 0.971. The summed E-state index contributed by atoms with van der Waals surface area (Å²) in [5.41, 5.74) is 2.65. The van der Waals surface area contributed by atoms with Crippen LogP contribution in [0.15, 0.2) is 42.5 Å². The molecule has 0 saturated carbocycles. The van der Waals surface area contributed by atoms with Crippen molar-refractivity contribution in [2.45, 2.75) is 12.3 Å². The van der Waals surface area contributed by atoms with Crippen LogP contribution in [0.4, 0.5) is 0 Å². The zero-order chi connectivity index (χ0) is 14.1. The Morgan fingerprint density at radius 3 is 2.80 bits per heavy atom. The van der Waals surface area contributed by atoms with Gasteiger partial charge in [0.1, 0.15) is 11.3 Å². The van der Waals surface area contributed by atoms with Crippen molar-refractivity contribution >= 4 is 17.6 Å². The molecule has 0 aromatic heterocycles. The summed E-state index contributed by atoms with van der Waals surface area (Å²) in [7, 11) is 0. The Labute approximate surface area is 121 Å². The fraction of sp³-hybridized carbons (Fsp3) is 0.188. The van der Waals surface area contributed by atoms with Crippen LogP contribution in [0.25, 0.3) is 0 Å². The Bertz CT molecular complexity index is 667. The maximum atomic E-state index is 11.2. The summed E-state index contributed by atoms with van der Waals surface area (Å²) in [6, 6.07) is 13.1. The molecule has 0 fully saturated rings. The zero-order valence-electron chi connectivity index (χ0n) is 10.7. The van der Waals surface area contributed by atoms with Gasteiger partial charge in [-0.1, -0.05) is 41.9 Å². The molecular weight excluding hydrogens is 276 g/mol. The third kappa shape index (κ3) is 2.25. The number of carboxylic acid groups (broad SMARTS) is 1. The normalized spacial score (nSPS) is 16.1. The molecule has 1 N–H and O–H groups in total. The molecular formula is C16H13ClO3. The van der Waals surface area contributed by atoms with Crippen molar-refractivity contribution in [3.05, 3.63) is 64.2 Å². The molecule has 1 aliphatic carbocycles. The second-order valence-corrected chi connectivity index (χ2v) is 5.24. The van der Waals surface area contributed by atoms with Crippen molar-refractivity contribution in [3.8, 4) is 5.75 Å². The lowest BCUT2D eigenvalue weighted by atomic mass is 9.78. The number of hydrogen-bond acceptors (Lipinski definition) is 2. The summed E-state index contributed by atoms with van der Waals surface area (Å²) >= 11 is 5.91. The molecule has 102 valence electrons. The lowest BCUT2D eigenvalue weighted by molar-refractivity contribution is 0.0692. The molecule has 0 spiro atoms. The number of carboxylic acids is 1.